The number of aryl methyl sites for hydroxylation is 1. The van der Waals surface area contributed by atoms with E-state index in [1.54, 1.807) is 6.07 Å². The third kappa shape index (κ3) is 5.31. The highest BCUT2D eigenvalue weighted by Crippen LogP contribution is 2.33. The summed E-state index contributed by atoms with van der Waals surface area (Å²) in [5.41, 5.74) is 2.28. The van der Waals surface area contributed by atoms with Crippen LogP contribution in [0.2, 0.25) is 5.02 Å². The molecule has 3 aromatic carbocycles. The molecule has 0 unspecified atom stereocenters. The summed E-state index contributed by atoms with van der Waals surface area (Å²) in [5.74, 6) is -0.0333. The molecular formula is C23H23ClN2O2S. The van der Waals surface area contributed by atoms with Gasteiger partial charge < -0.3 is 10.6 Å². The second-order valence-corrected chi connectivity index (χ2v) is 8.53. The first-order chi connectivity index (χ1) is 13.8. The smallest absolute Gasteiger partial charge is 0.234 e. The summed E-state index contributed by atoms with van der Waals surface area (Å²) in [6.07, 6.45) is 0. The van der Waals surface area contributed by atoms with E-state index in [-0.39, 0.29) is 23.5 Å². The Kier molecular flexibility index (Phi) is 6.83. The lowest BCUT2D eigenvalue weighted by Crippen LogP contribution is -2.18. The zero-order valence-corrected chi connectivity index (χ0v) is 18.2. The van der Waals surface area contributed by atoms with E-state index in [0.717, 1.165) is 21.2 Å². The summed E-state index contributed by atoms with van der Waals surface area (Å²) in [6.45, 7) is 5.59. The van der Waals surface area contributed by atoms with Crippen molar-refractivity contribution in [2.75, 3.05) is 16.4 Å². The number of thioether (sulfide) groups is 1. The van der Waals surface area contributed by atoms with Crippen molar-refractivity contribution < 1.29 is 9.59 Å². The number of carbonyl (C=O) groups is 2. The van der Waals surface area contributed by atoms with Crippen LogP contribution in [0, 0.1) is 12.8 Å². The van der Waals surface area contributed by atoms with Gasteiger partial charge in [0.25, 0.3) is 0 Å². The van der Waals surface area contributed by atoms with Crippen LogP contribution in [0.3, 0.4) is 0 Å². The Morgan fingerprint density at radius 2 is 1.76 bits per heavy atom. The van der Waals surface area contributed by atoms with Gasteiger partial charge in [-0.3, -0.25) is 9.59 Å². The fraction of sp³-hybridized carbons (Fsp3) is 0.217. The van der Waals surface area contributed by atoms with Crippen LogP contribution in [-0.2, 0) is 9.59 Å². The second-order valence-electron chi connectivity index (χ2n) is 7.10. The van der Waals surface area contributed by atoms with Crippen molar-refractivity contribution in [2.24, 2.45) is 5.92 Å². The maximum atomic E-state index is 12.5. The molecule has 0 fully saturated rings. The minimum atomic E-state index is -0.116. The highest BCUT2D eigenvalue weighted by atomic mass is 35.5. The van der Waals surface area contributed by atoms with Crippen molar-refractivity contribution in [2.45, 2.75) is 25.7 Å². The van der Waals surface area contributed by atoms with Crippen LogP contribution in [0.25, 0.3) is 10.8 Å². The van der Waals surface area contributed by atoms with E-state index in [9.17, 15) is 9.59 Å². The van der Waals surface area contributed by atoms with Gasteiger partial charge in [0.05, 0.1) is 5.75 Å². The molecule has 2 amide bonds. The number of fused-ring (bicyclic) bond motifs is 1. The van der Waals surface area contributed by atoms with Gasteiger partial charge in [-0.05, 0) is 42.1 Å². The molecule has 29 heavy (non-hydrogen) atoms. The van der Waals surface area contributed by atoms with E-state index in [4.69, 9.17) is 11.6 Å². The number of benzene rings is 3. The van der Waals surface area contributed by atoms with Crippen LogP contribution >= 0.6 is 23.4 Å². The van der Waals surface area contributed by atoms with Gasteiger partial charge in [-0.25, -0.2) is 0 Å². The van der Waals surface area contributed by atoms with Crippen molar-refractivity contribution in [1.82, 2.24) is 0 Å². The molecule has 0 aliphatic heterocycles. The van der Waals surface area contributed by atoms with Crippen molar-refractivity contribution in [3.8, 4) is 0 Å². The number of rotatable bonds is 6. The fourth-order valence-electron chi connectivity index (χ4n) is 2.83. The molecule has 3 aromatic rings. The summed E-state index contributed by atoms with van der Waals surface area (Å²) in [7, 11) is 0. The Bertz CT molecular complexity index is 1060. The maximum absolute atomic E-state index is 12.5. The third-order valence-electron chi connectivity index (χ3n) is 4.48. The monoisotopic (exact) mass is 426 g/mol. The van der Waals surface area contributed by atoms with Crippen molar-refractivity contribution in [3.63, 3.8) is 0 Å². The number of nitrogens with one attached hydrogen (secondary N) is 2. The zero-order chi connectivity index (χ0) is 21.0. The topological polar surface area (TPSA) is 58.2 Å². The molecule has 0 saturated carbocycles. The largest absolute Gasteiger partial charge is 0.326 e. The summed E-state index contributed by atoms with van der Waals surface area (Å²) < 4.78 is 0. The highest BCUT2D eigenvalue weighted by molar-refractivity contribution is 8.00. The van der Waals surface area contributed by atoms with Gasteiger partial charge in [0.15, 0.2) is 0 Å². The molecule has 150 valence electrons. The molecule has 0 aliphatic carbocycles. The Morgan fingerprint density at radius 3 is 2.48 bits per heavy atom. The lowest BCUT2D eigenvalue weighted by molar-refractivity contribution is -0.119. The van der Waals surface area contributed by atoms with E-state index in [0.29, 0.717) is 16.4 Å². The minimum Gasteiger partial charge on any atom is -0.326 e. The van der Waals surface area contributed by atoms with Gasteiger partial charge >= 0.3 is 0 Å². The Balaban J connectivity index is 1.70. The van der Waals surface area contributed by atoms with Crippen LogP contribution in [0.5, 0.6) is 0 Å². The Labute approximate surface area is 180 Å². The van der Waals surface area contributed by atoms with Gasteiger partial charge in [-0.2, -0.15) is 0 Å². The zero-order valence-electron chi connectivity index (χ0n) is 16.6. The molecular weight excluding hydrogens is 404 g/mol. The first-order valence-electron chi connectivity index (χ1n) is 9.36. The average molecular weight is 427 g/mol. The minimum absolute atomic E-state index is 0.0606. The molecule has 0 spiro atoms. The Hall–Kier alpha value is -2.50. The number of hydrogen-bond acceptors (Lipinski definition) is 3. The van der Waals surface area contributed by atoms with E-state index >= 15 is 0 Å². The van der Waals surface area contributed by atoms with Gasteiger partial charge in [-0.1, -0.05) is 55.8 Å². The standard InChI is InChI=1S/C23H23ClN2O2S/c1-14(2)23(28)25-17-11-10-15(3)19(12-17)26-21(27)13-29-20-9-5-7-16-6-4-8-18(24)22(16)20/h4-12,14H,13H2,1-3H3,(H,25,28)(H,26,27). The van der Waals surface area contributed by atoms with Crippen molar-refractivity contribution in [1.29, 1.82) is 0 Å². The third-order valence-corrected chi connectivity index (χ3v) is 5.85. The first kappa shape index (κ1) is 21.2. The first-order valence-corrected chi connectivity index (χ1v) is 10.7. The van der Waals surface area contributed by atoms with E-state index in [1.807, 2.05) is 69.3 Å². The predicted octanol–water partition coefficient (Wildman–Crippen LogP) is 6.13. The van der Waals surface area contributed by atoms with Gasteiger partial charge in [0, 0.05) is 32.6 Å². The molecule has 0 heterocycles. The highest BCUT2D eigenvalue weighted by Gasteiger charge is 2.12. The molecule has 0 radical (unpaired) electrons. The number of hydrogen-bond donors (Lipinski definition) is 2. The lowest BCUT2D eigenvalue weighted by Gasteiger charge is -2.13. The predicted molar refractivity (Wildman–Crippen MR) is 123 cm³/mol. The SMILES string of the molecule is Cc1ccc(NC(=O)C(C)C)cc1NC(=O)CSc1cccc2cccc(Cl)c12. The summed E-state index contributed by atoms with van der Waals surface area (Å²) in [5, 5.41) is 8.49. The average Bonchev–Trinajstić information content (AvgIpc) is 2.69. The van der Waals surface area contributed by atoms with E-state index in [1.165, 1.54) is 11.8 Å². The van der Waals surface area contributed by atoms with Crippen molar-refractivity contribution >= 4 is 57.3 Å². The summed E-state index contributed by atoms with van der Waals surface area (Å²) in [4.78, 5) is 25.4. The molecule has 0 atom stereocenters. The molecule has 2 N–H and O–H groups in total. The Morgan fingerprint density at radius 1 is 1.03 bits per heavy atom. The number of amides is 2. The number of anilines is 2. The van der Waals surface area contributed by atoms with E-state index in [2.05, 4.69) is 10.6 Å². The molecule has 4 nitrogen and oxygen atoms in total. The van der Waals surface area contributed by atoms with Crippen LogP contribution in [0.15, 0.2) is 59.5 Å². The molecule has 0 aromatic heterocycles. The van der Waals surface area contributed by atoms with Gasteiger partial charge in [0.2, 0.25) is 11.8 Å². The van der Waals surface area contributed by atoms with Crippen LogP contribution < -0.4 is 10.6 Å². The quantitative estimate of drug-likeness (QED) is 0.466. The molecule has 0 bridgehead atoms. The summed E-state index contributed by atoms with van der Waals surface area (Å²) in [6, 6.07) is 17.2. The molecule has 0 aliphatic rings. The molecule has 3 rings (SSSR count). The second kappa shape index (κ2) is 9.33. The van der Waals surface area contributed by atoms with Crippen LogP contribution in [0.1, 0.15) is 19.4 Å². The number of carbonyl (C=O) groups excluding carboxylic acids is 2. The summed E-state index contributed by atoms with van der Waals surface area (Å²) >= 11 is 7.81. The number of halogens is 1. The van der Waals surface area contributed by atoms with E-state index < -0.39 is 0 Å². The van der Waals surface area contributed by atoms with Gasteiger partial charge in [0.1, 0.15) is 0 Å². The lowest BCUT2D eigenvalue weighted by atomic mass is 10.1. The molecule has 6 heteroatoms. The van der Waals surface area contributed by atoms with Crippen LogP contribution in [0.4, 0.5) is 11.4 Å². The normalized spacial score (nSPS) is 10.9. The maximum Gasteiger partial charge on any atom is 0.234 e. The van der Waals surface area contributed by atoms with Crippen LogP contribution in [-0.4, -0.2) is 17.6 Å². The molecule has 0 saturated heterocycles. The fourth-order valence-corrected chi connectivity index (χ4v) is 4.08. The van der Waals surface area contributed by atoms with Crippen molar-refractivity contribution in [3.05, 3.63) is 65.2 Å². The van der Waals surface area contributed by atoms with Gasteiger partial charge in [-0.15, -0.1) is 11.8 Å².